The molecule has 0 saturated heterocycles. The molecular weight excluding hydrogens is 176 g/mol. The first kappa shape index (κ1) is 11.1. The Morgan fingerprint density at radius 2 is 2.14 bits per heavy atom. The first-order valence-corrected chi connectivity index (χ1v) is 4.94. The van der Waals surface area contributed by atoms with Crippen molar-refractivity contribution in [3.05, 3.63) is 30.1 Å². The van der Waals surface area contributed by atoms with Crippen LogP contribution in [-0.2, 0) is 4.74 Å². The van der Waals surface area contributed by atoms with E-state index in [2.05, 4.69) is 10.3 Å². The second-order valence-electron chi connectivity index (χ2n) is 3.26. The summed E-state index contributed by atoms with van der Waals surface area (Å²) in [7, 11) is 3.72. The van der Waals surface area contributed by atoms with Crippen molar-refractivity contribution >= 4 is 0 Å². The third-order valence-electron chi connectivity index (χ3n) is 2.30. The van der Waals surface area contributed by atoms with E-state index in [0.717, 1.165) is 19.4 Å². The number of nitrogens with zero attached hydrogens (tertiary/aromatic N) is 1. The van der Waals surface area contributed by atoms with Gasteiger partial charge in [0.25, 0.3) is 0 Å². The Labute approximate surface area is 85.5 Å². The average Bonchev–Trinajstić information content (AvgIpc) is 2.26. The van der Waals surface area contributed by atoms with Crippen LogP contribution in [0, 0.1) is 0 Å². The molecule has 1 atom stereocenters. The van der Waals surface area contributed by atoms with Crippen LogP contribution in [0.25, 0.3) is 0 Å². The Balaban J connectivity index is 2.46. The first-order valence-electron chi connectivity index (χ1n) is 4.94. The smallest absolute Gasteiger partial charge is 0.0462 e. The molecule has 0 aliphatic rings. The zero-order valence-electron chi connectivity index (χ0n) is 8.86. The van der Waals surface area contributed by atoms with Crippen LogP contribution in [0.2, 0.25) is 0 Å². The normalized spacial score (nSPS) is 12.7. The molecule has 14 heavy (non-hydrogen) atoms. The lowest BCUT2D eigenvalue weighted by Gasteiger charge is -2.15. The Bertz CT molecular complexity index is 238. The summed E-state index contributed by atoms with van der Waals surface area (Å²) < 4.78 is 5.03. The quantitative estimate of drug-likeness (QED) is 0.701. The summed E-state index contributed by atoms with van der Waals surface area (Å²) in [5.74, 6) is 0. The van der Waals surface area contributed by atoms with Gasteiger partial charge in [0.2, 0.25) is 0 Å². The maximum absolute atomic E-state index is 5.03. The van der Waals surface area contributed by atoms with E-state index in [1.54, 1.807) is 7.11 Å². The summed E-state index contributed by atoms with van der Waals surface area (Å²) in [6, 6.07) is 4.51. The summed E-state index contributed by atoms with van der Waals surface area (Å²) in [5.41, 5.74) is 1.29. The van der Waals surface area contributed by atoms with Gasteiger partial charge in [-0.2, -0.15) is 0 Å². The summed E-state index contributed by atoms with van der Waals surface area (Å²) in [4.78, 5) is 4.01. The third-order valence-corrected chi connectivity index (χ3v) is 2.30. The van der Waals surface area contributed by atoms with Crippen molar-refractivity contribution in [2.24, 2.45) is 0 Å². The minimum Gasteiger partial charge on any atom is -0.385 e. The van der Waals surface area contributed by atoms with E-state index in [-0.39, 0.29) is 0 Å². The molecule has 3 nitrogen and oxygen atoms in total. The summed E-state index contributed by atoms with van der Waals surface area (Å²) in [6.07, 6.45) is 5.82. The number of hydrogen-bond donors (Lipinski definition) is 1. The molecule has 0 radical (unpaired) electrons. The number of rotatable bonds is 6. The number of methoxy groups -OCH3 is 1. The molecule has 0 aliphatic heterocycles. The van der Waals surface area contributed by atoms with Gasteiger partial charge in [-0.05, 0) is 37.6 Å². The third kappa shape index (κ3) is 3.44. The summed E-state index contributed by atoms with van der Waals surface area (Å²) >= 11 is 0. The Kier molecular flexibility index (Phi) is 5.19. The molecule has 1 unspecified atom stereocenters. The molecule has 0 aromatic carbocycles. The van der Waals surface area contributed by atoms with E-state index in [0.29, 0.717) is 6.04 Å². The van der Waals surface area contributed by atoms with Crippen LogP contribution in [0.4, 0.5) is 0 Å². The van der Waals surface area contributed by atoms with Gasteiger partial charge >= 0.3 is 0 Å². The fraction of sp³-hybridized carbons (Fsp3) is 0.545. The van der Waals surface area contributed by atoms with E-state index in [1.165, 1.54) is 5.56 Å². The van der Waals surface area contributed by atoms with Crippen LogP contribution in [0.1, 0.15) is 24.4 Å². The number of pyridine rings is 1. The number of nitrogens with one attached hydrogen (secondary N) is 1. The maximum atomic E-state index is 5.03. The minimum atomic E-state index is 0.410. The molecule has 1 aromatic rings. The standard InChI is InChI=1S/C11H18N2O/c1-12-11(4-3-9-14-2)10-5-7-13-8-6-10/h5-8,11-12H,3-4,9H2,1-2H3. The van der Waals surface area contributed by atoms with E-state index < -0.39 is 0 Å². The highest BCUT2D eigenvalue weighted by Crippen LogP contribution is 2.16. The maximum Gasteiger partial charge on any atom is 0.0462 e. The molecule has 1 N–H and O–H groups in total. The zero-order chi connectivity index (χ0) is 10.2. The fourth-order valence-corrected chi connectivity index (χ4v) is 1.51. The number of aromatic nitrogens is 1. The van der Waals surface area contributed by atoms with Gasteiger partial charge in [0, 0.05) is 32.2 Å². The second-order valence-corrected chi connectivity index (χ2v) is 3.26. The van der Waals surface area contributed by atoms with Crippen LogP contribution in [0.5, 0.6) is 0 Å². The summed E-state index contributed by atoms with van der Waals surface area (Å²) in [5, 5.41) is 3.29. The molecule has 1 rings (SSSR count). The monoisotopic (exact) mass is 194 g/mol. The molecule has 1 heterocycles. The molecule has 1 aromatic heterocycles. The van der Waals surface area contributed by atoms with Gasteiger partial charge in [-0.1, -0.05) is 0 Å². The van der Waals surface area contributed by atoms with Crippen LogP contribution in [0.15, 0.2) is 24.5 Å². The van der Waals surface area contributed by atoms with Gasteiger partial charge in [-0.3, -0.25) is 4.98 Å². The molecular formula is C11H18N2O. The van der Waals surface area contributed by atoms with Gasteiger partial charge in [0.15, 0.2) is 0 Å². The largest absolute Gasteiger partial charge is 0.385 e. The minimum absolute atomic E-state index is 0.410. The van der Waals surface area contributed by atoms with E-state index >= 15 is 0 Å². The highest BCUT2D eigenvalue weighted by molar-refractivity contribution is 5.14. The lowest BCUT2D eigenvalue weighted by Crippen LogP contribution is -2.16. The second kappa shape index (κ2) is 6.51. The Hall–Kier alpha value is -0.930. The fourth-order valence-electron chi connectivity index (χ4n) is 1.51. The highest BCUT2D eigenvalue weighted by Gasteiger charge is 2.07. The topological polar surface area (TPSA) is 34.1 Å². The molecule has 3 heteroatoms. The van der Waals surface area contributed by atoms with Crippen LogP contribution in [-0.4, -0.2) is 25.7 Å². The van der Waals surface area contributed by atoms with Gasteiger partial charge in [-0.15, -0.1) is 0 Å². The summed E-state index contributed by atoms with van der Waals surface area (Å²) in [6.45, 7) is 0.823. The lowest BCUT2D eigenvalue weighted by atomic mass is 10.0. The van der Waals surface area contributed by atoms with Gasteiger partial charge < -0.3 is 10.1 Å². The Morgan fingerprint density at radius 1 is 1.43 bits per heavy atom. The van der Waals surface area contributed by atoms with E-state index in [9.17, 15) is 0 Å². The highest BCUT2D eigenvalue weighted by atomic mass is 16.5. The SMILES string of the molecule is CNC(CCCOC)c1ccncc1. The Morgan fingerprint density at radius 3 is 2.71 bits per heavy atom. The van der Waals surface area contributed by atoms with Gasteiger partial charge in [0.1, 0.15) is 0 Å². The molecule has 0 fully saturated rings. The predicted molar refractivity (Wildman–Crippen MR) is 57.1 cm³/mol. The van der Waals surface area contributed by atoms with Crippen molar-refractivity contribution in [3.8, 4) is 0 Å². The van der Waals surface area contributed by atoms with E-state index in [4.69, 9.17) is 4.74 Å². The van der Waals surface area contributed by atoms with Crippen molar-refractivity contribution < 1.29 is 4.74 Å². The van der Waals surface area contributed by atoms with Crippen molar-refractivity contribution in [3.63, 3.8) is 0 Å². The van der Waals surface area contributed by atoms with Crippen LogP contribution < -0.4 is 5.32 Å². The molecule has 0 bridgehead atoms. The van der Waals surface area contributed by atoms with E-state index in [1.807, 2.05) is 31.6 Å². The van der Waals surface area contributed by atoms with Crippen molar-refractivity contribution in [2.75, 3.05) is 20.8 Å². The predicted octanol–water partition coefficient (Wildman–Crippen LogP) is 1.77. The van der Waals surface area contributed by atoms with Gasteiger partial charge in [0.05, 0.1) is 0 Å². The number of ether oxygens (including phenoxy) is 1. The van der Waals surface area contributed by atoms with Crippen LogP contribution >= 0.6 is 0 Å². The molecule has 78 valence electrons. The lowest BCUT2D eigenvalue weighted by molar-refractivity contribution is 0.189. The number of hydrogen-bond acceptors (Lipinski definition) is 3. The van der Waals surface area contributed by atoms with Crippen LogP contribution in [0.3, 0.4) is 0 Å². The first-order chi connectivity index (χ1) is 6.88. The molecule has 0 spiro atoms. The zero-order valence-corrected chi connectivity index (χ0v) is 8.86. The molecule has 0 aliphatic carbocycles. The van der Waals surface area contributed by atoms with Gasteiger partial charge in [-0.25, -0.2) is 0 Å². The molecule has 0 amide bonds. The van der Waals surface area contributed by atoms with Crippen molar-refractivity contribution in [1.82, 2.24) is 10.3 Å². The van der Waals surface area contributed by atoms with Crippen molar-refractivity contribution in [2.45, 2.75) is 18.9 Å². The average molecular weight is 194 g/mol. The van der Waals surface area contributed by atoms with Crippen molar-refractivity contribution in [1.29, 1.82) is 0 Å². The molecule has 0 saturated carbocycles.